The highest BCUT2D eigenvalue weighted by atomic mass is 16.5. The molecular formula is C13H16N2O3. The average molecular weight is 248 g/mol. The third-order valence-corrected chi connectivity index (χ3v) is 2.74. The van der Waals surface area contributed by atoms with E-state index >= 15 is 0 Å². The van der Waals surface area contributed by atoms with Crippen LogP contribution in [0.4, 0.5) is 4.79 Å². The molecule has 0 radical (unpaired) electrons. The van der Waals surface area contributed by atoms with Crippen LogP contribution in [0.5, 0.6) is 0 Å². The number of nitrogens with one attached hydrogen (secondary N) is 2. The van der Waals surface area contributed by atoms with Crippen molar-refractivity contribution in [1.29, 1.82) is 0 Å². The van der Waals surface area contributed by atoms with Crippen LogP contribution in [0.15, 0.2) is 24.3 Å². The second kappa shape index (κ2) is 5.53. The molecule has 1 aromatic carbocycles. The van der Waals surface area contributed by atoms with Crippen molar-refractivity contribution < 1.29 is 14.3 Å². The van der Waals surface area contributed by atoms with Crippen molar-refractivity contribution in [3.63, 3.8) is 0 Å². The number of carbonyl (C=O) groups excluding carboxylic acids is 2. The third-order valence-electron chi connectivity index (χ3n) is 2.74. The Morgan fingerprint density at radius 1 is 1.28 bits per heavy atom. The number of hydrogen-bond acceptors (Lipinski definition) is 3. The van der Waals surface area contributed by atoms with Crippen molar-refractivity contribution >= 4 is 12.0 Å². The Labute approximate surface area is 106 Å². The van der Waals surface area contributed by atoms with Crippen molar-refractivity contribution in [3.8, 4) is 0 Å². The number of esters is 1. The van der Waals surface area contributed by atoms with Gasteiger partial charge in [-0.25, -0.2) is 9.59 Å². The quantitative estimate of drug-likeness (QED) is 0.792. The summed E-state index contributed by atoms with van der Waals surface area (Å²) in [5, 5.41) is 5.61. The maximum Gasteiger partial charge on any atom is 0.337 e. The molecular weight excluding hydrogens is 232 g/mol. The van der Waals surface area contributed by atoms with Crippen LogP contribution in [0.3, 0.4) is 0 Å². The monoisotopic (exact) mass is 248 g/mol. The number of amides is 2. The molecule has 1 aliphatic carbocycles. The smallest absolute Gasteiger partial charge is 0.337 e. The number of urea groups is 1. The zero-order valence-corrected chi connectivity index (χ0v) is 10.2. The Balaban J connectivity index is 1.81. The summed E-state index contributed by atoms with van der Waals surface area (Å²) in [5.74, 6) is -0.360. The van der Waals surface area contributed by atoms with Gasteiger partial charge in [-0.05, 0) is 30.5 Å². The standard InChI is InChI=1S/C13H16N2O3/c1-18-12(16)10-4-2-9(3-5-10)8-14-13(17)15-11-6-7-11/h2-5,11H,6-8H2,1H3,(H2,14,15,17). The molecule has 2 amide bonds. The molecule has 0 heterocycles. The zero-order valence-electron chi connectivity index (χ0n) is 10.2. The number of ether oxygens (including phenoxy) is 1. The van der Waals surface area contributed by atoms with Gasteiger partial charge in [0.1, 0.15) is 0 Å². The highest BCUT2D eigenvalue weighted by molar-refractivity contribution is 5.89. The van der Waals surface area contributed by atoms with E-state index < -0.39 is 0 Å². The van der Waals surface area contributed by atoms with Gasteiger partial charge in [0.15, 0.2) is 0 Å². The van der Waals surface area contributed by atoms with Gasteiger partial charge >= 0.3 is 12.0 Å². The fourth-order valence-corrected chi connectivity index (χ4v) is 1.52. The molecule has 5 nitrogen and oxygen atoms in total. The number of methoxy groups -OCH3 is 1. The van der Waals surface area contributed by atoms with Crippen LogP contribution >= 0.6 is 0 Å². The maximum absolute atomic E-state index is 11.4. The molecule has 0 unspecified atom stereocenters. The van der Waals surface area contributed by atoms with E-state index in [0.717, 1.165) is 18.4 Å². The molecule has 96 valence electrons. The fraction of sp³-hybridized carbons (Fsp3) is 0.385. The van der Waals surface area contributed by atoms with E-state index in [2.05, 4.69) is 15.4 Å². The van der Waals surface area contributed by atoms with E-state index in [1.165, 1.54) is 7.11 Å². The van der Waals surface area contributed by atoms with Crippen LogP contribution in [0.25, 0.3) is 0 Å². The topological polar surface area (TPSA) is 67.4 Å². The number of rotatable bonds is 4. The van der Waals surface area contributed by atoms with Gasteiger partial charge < -0.3 is 15.4 Å². The first-order valence-electron chi connectivity index (χ1n) is 5.90. The second-order valence-electron chi connectivity index (χ2n) is 4.29. The Morgan fingerprint density at radius 3 is 2.50 bits per heavy atom. The van der Waals surface area contributed by atoms with Crippen LogP contribution in [-0.2, 0) is 11.3 Å². The molecule has 1 fully saturated rings. The lowest BCUT2D eigenvalue weighted by Crippen LogP contribution is -2.36. The van der Waals surface area contributed by atoms with Crippen molar-refractivity contribution in [2.24, 2.45) is 0 Å². The summed E-state index contributed by atoms with van der Waals surface area (Å²) < 4.78 is 4.61. The summed E-state index contributed by atoms with van der Waals surface area (Å²) in [6.45, 7) is 0.444. The summed E-state index contributed by atoms with van der Waals surface area (Å²) in [5.41, 5.74) is 1.44. The van der Waals surface area contributed by atoms with Crippen LogP contribution in [0, 0.1) is 0 Å². The highest BCUT2D eigenvalue weighted by Crippen LogP contribution is 2.18. The molecule has 1 aliphatic rings. The zero-order chi connectivity index (χ0) is 13.0. The Hall–Kier alpha value is -2.04. The molecule has 2 rings (SSSR count). The normalized spacial score (nSPS) is 13.8. The van der Waals surface area contributed by atoms with Gasteiger partial charge in [-0.3, -0.25) is 0 Å². The van der Waals surface area contributed by atoms with Gasteiger partial charge in [-0.15, -0.1) is 0 Å². The van der Waals surface area contributed by atoms with E-state index in [1.807, 2.05) is 0 Å². The number of carbonyl (C=O) groups is 2. The van der Waals surface area contributed by atoms with E-state index in [4.69, 9.17) is 0 Å². The van der Waals surface area contributed by atoms with Crippen LogP contribution in [0.1, 0.15) is 28.8 Å². The summed E-state index contributed by atoms with van der Waals surface area (Å²) in [4.78, 5) is 22.6. The predicted molar refractivity (Wildman–Crippen MR) is 66.2 cm³/mol. The lowest BCUT2D eigenvalue weighted by Gasteiger charge is -2.07. The minimum Gasteiger partial charge on any atom is -0.465 e. The molecule has 0 bridgehead atoms. The molecule has 0 spiro atoms. The molecule has 18 heavy (non-hydrogen) atoms. The van der Waals surface area contributed by atoms with Crippen molar-refractivity contribution in [3.05, 3.63) is 35.4 Å². The second-order valence-corrected chi connectivity index (χ2v) is 4.29. The van der Waals surface area contributed by atoms with Gasteiger partial charge in [0.2, 0.25) is 0 Å². The van der Waals surface area contributed by atoms with Crippen LogP contribution in [-0.4, -0.2) is 25.2 Å². The number of hydrogen-bond donors (Lipinski definition) is 2. The lowest BCUT2D eigenvalue weighted by molar-refractivity contribution is 0.0600. The van der Waals surface area contributed by atoms with Gasteiger partial charge in [-0.1, -0.05) is 12.1 Å². The molecule has 0 saturated heterocycles. The molecule has 1 saturated carbocycles. The van der Waals surface area contributed by atoms with E-state index in [-0.39, 0.29) is 12.0 Å². The first-order chi connectivity index (χ1) is 8.69. The third kappa shape index (κ3) is 3.48. The molecule has 1 aromatic rings. The Morgan fingerprint density at radius 2 is 1.94 bits per heavy atom. The average Bonchev–Trinajstić information content (AvgIpc) is 3.20. The summed E-state index contributed by atoms with van der Waals surface area (Å²) in [6.07, 6.45) is 2.14. The van der Waals surface area contributed by atoms with E-state index in [0.29, 0.717) is 18.2 Å². The number of benzene rings is 1. The van der Waals surface area contributed by atoms with Crippen molar-refractivity contribution in [2.75, 3.05) is 7.11 Å². The van der Waals surface area contributed by atoms with Crippen molar-refractivity contribution in [1.82, 2.24) is 10.6 Å². The molecule has 0 atom stereocenters. The lowest BCUT2D eigenvalue weighted by atomic mass is 10.1. The van der Waals surface area contributed by atoms with Crippen LogP contribution in [0.2, 0.25) is 0 Å². The fourth-order valence-electron chi connectivity index (χ4n) is 1.52. The molecule has 5 heteroatoms. The molecule has 0 aromatic heterocycles. The van der Waals surface area contributed by atoms with Crippen LogP contribution < -0.4 is 10.6 Å². The predicted octanol–water partition coefficient (Wildman–Crippen LogP) is 1.43. The van der Waals surface area contributed by atoms with E-state index in [9.17, 15) is 9.59 Å². The Bertz CT molecular complexity index is 438. The largest absolute Gasteiger partial charge is 0.465 e. The van der Waals surface area contributed by atoms with E-state index in [1.54, 1.807) is 24.3 Å². The highest BCUT2D eigenvalue weighted by Gasteiger charge is 2.22. The summed E-state index contributed by atoms with van der Waals surface area (Å²) >= 11 is 0. The Kier molecular flexibility index (Phi) is 3.82. The van der Waals surface area contributed by atoms with Crippen molar-refractivity contribution in [2.45, 2.75) is 25.4 Å². The first-order valence-corrected chi connectivity index (χ1v) is 5.90. The van der Waals surface area contributed by atoms with Gasteiger partial charge in [0.25, 0.3) is 0 Å². The van der Waals surface area contributed by atoms with Gasteiger partial charge in [0, 0.05) is 12.6 Å². The minimum absolute atomic E-state index is 0.144. The van der Waals surface area contributed by atoms with Gasteiger partial charge in [0.05, 0.1) is 12.7 Å². The maximum atomic E-state index is 11.4. The summed E-state index contributed by atoms with van der Waals surface area (Å²) in [7, 11) is 1.35. The summed E-state index contributed by atoms with van der Waals surface area (Å²) in [6, 6.07) is 7.16. The minimum atomic E-state index is -0.360. The first kappa shape index (κ1) is 12.4. The van der Waals surface area contributed by atoms with Gasteiger partial charge in [-0.2, -0.15) is 0 Å². The molecule has 0 aliphatic heterocycles. The molecule has 2 N–H and O–H groups in total. The SMILES string of the molecule is COC(=O)c1ccc(CNC(=O)NC2CC2)cc1.